The molecule has 1 aromatic carbocycles. The lowest BCUT2D eigenvalue weighted by molar-refractivity contribution is -0.137. The fraction of sp³-hybridized carbons (Fsp3) is 0.333. The van der Waals surface area contributed by atoms with Gasteiger partial charge in [0.05, 0.1) is 6.04 Å². The molecule has 0 aliphatic carbocycles. The topological polar surface area (TPSA) is 75.6 Å². The Balaban J connectivity index is 2.68. The van der Waals surface area contributed by atoms with Gasteiger partial charge in [0.1, 0.15) is 6.61 Å². The van der Waals surface area contributed by atoms with Gasteiger partial charge < -0.3 is 15.2 Å². The first kappa shape index (κ1) is 17.2. The van der Waals surface area contributed by atoms with Crippen LogP contribution in [-0.4, -0.2) is 23.8 Å². The van der Waals surface area contributed by atoms with Crippen molar-refractivity contribution >= 4 is 28.0 Å². The molecule has 0 saturated heterocycles. The highest BCUT2D eigenvalue weighted by Gasteiger charge is 2.15. The van der Waals surface area contributed by atoms with Crippen molar-refractivity contribution in [3.63, 3.8) is 0 Å². The summed E-state index contributed by atoms with van der Waals surface area (Å²) >= 11 is 3.35. The minimum Gasteiger partial charge on any atom is -0.481 e. The number of rotatable bonds is 8. The predicted molar refractivity (Wildman–Crippen MR) is 83.1 cm³/mol. The Morgan fingerprint density at radius 2 is 2.05 bits per heavy atom. The molecule has 1 aromatic rings. The molecule has 0 aliphatic rings. The Kier molecular flexibility index (Phi) is 7.53. The molecule has 0 spiro atoms. The van der Waals surface area contributed by atoms with E-state index in [4.69, 9.17) is 9.84 Å². The van der Waals surface area contributed by atoms with Crippen LogP contribution in [0.15, 0.2) is 41.4 Å². The molecule has 6 heteroatoms. The van der Waals surface area contributed by atoms with Crippen LogP contribution in [0.25, 0.3) is 0 Å². The van der Waals surface area contributed by atoms with E-state index < -0.39 is 12.1 Å². The molecule has 0 aromatic heterocycles. The molecule has 1 atom stereocenters. The van der Waals surface area contributed by atoms with E-state index in [0.29, 0.717) is 12.8 Å². The second-order valence-electron chi connectivity index (χ2n) is 4.42. The standard InChI is InChI=1S/C15H18BrNO4/c1-2-10-21-15(20)17-13(4-3-5-14(18)19)11-6-8-12(16)9-7-11/h2,6-9,13H,1,3-5,10H2,(H,17,20)(H,18,19). The van der Waals surface area contributed by atoms with E-state index >= 15 is 0 Å². The maximum absolute atomic E-state index is 11.6. The summed E-state index contributed by atoms with van der Waals surface area (Å²) in [4.78, 5) is 22.2. The summed E-state index contributed by atoms with van der Waals surface area (Å²) in [7, 11) is 0. The molecule has 0 fully saturated rings. The van der Waals surface area contributed by atoms with Crippen LogP contribution in [0.4, 0.5) is 4.79 Å². The van der Waals surface area contributed by atoms with Crippen molar-refractivity contribution in [2.75, 3.05) is 6.61 Å². The number of halogens is 1. The largest absolute Gasteiger partial charge is 0.481 e. The number of hydrogen-bond donors (Lipinski definition) is 2. The van der Waals surface area contributed by atoms with Crippen molar-refractivity contribution in [3.05, 3.63) is 47.0 Å². The molecular formula is C15H18BrNO4. The van der Waals surface area contributed by atoms with E-state index in [2.05, 4.69) is 27.8 Å². The van der Waals surface area contributed by atoms with E-state index in [1.807, 2.05) is 24.3 Å². The van der Waals surface area contributed by atoms with E-state index in [1.165, 1.54) is 6.08 Å². The molecular weight excluding hydrogens is 338 g/mol. The van der Waals surface area contributed by atoms with Gasteiger partial charge in [0.25, 0.3) is 0 Å². The lowest BCUT2D eigenvalue weighted by atomic mass is 10.0. The van der Waals surface area contributed by atoms with Gasteiger partial charge in [0, 0.05) is 10.9 Å². The third-order valence-electron chi connectivity index (χ3n) is 2.78. The highest BCUT2D eigenvalue weighted by atomic mass is 79.9. The third-order valence-corrected chi connectivity index (χ3v) is 3.31. The maximum atomic E-state index is 11.6. The van der Waals surface area contributed by atoms with Crippen LogP contribution < -0.4 is 5.32 Å². The smallest absolute Gasteiger partial charge is 0.407 e. The minimum atomic E-state index is -0.848. The summed E-state index contributed by atoms with van der Waals surface area (Å²) < 4.78 is 5.84. The number of carbonyl (C=O) groups excluding carboxylic acids is 1. The maximum Gasteiger partial charge on any atom is 0.407 e. The molecule has 21 heavy (non-hydrogen) atoms. The van der Waals surface area contributed by atoms with Crippen molar-refractivity contribution in [1.29, 1.82) is 0 Å². The van der Waals surface area contributed by atoms with Gasteiger partial charge in [0.15, 0.2) is 0 Å². The monoisotopic (exact) mass is 355 g/mol. The SMILES string of the molecule is C=CCOC(=O)NC(CCCC(=O)O)c1ccc(Br)cc1. The number of carboxylic acids is 1. The lowest BCUT2D eigenvalue weighted by Gasteiger charge is -2.18. The van der Waals surface area contributed by atoms with Gasteiger partial charge in [-0.2, -0.15) is 0 Å². The Morgan fingerprint density at radius 1 is 1.38 bits per heavy atom. The molecule has 0 saturated carbocycles. The number of hydrogen-bond acceptors (Lipinski definition) is 3. The van der Waals surface area contributed by atoms with Crippen molar-refractivity contribution in [2.24, 2.45) is 0 Å². The Labute approximate surface area is 132 Å². The van der Waals surface area contributed by atoms with Crippen molar-refractivity contribution in [3.8, 4) is 0 Å². The highest BCUT2D eigenvalue weighted by molar-refractivity contribution is 9.10. The number of carbonyl (C=O) groups is 2. The molecule has 114 valence electrons. The van der Waals surface area contributed by atoms with Crippen LogP contribution in [0.5, 0.6) is 0 Å². The number of alkyl carbamates (subject to hydrolysis) is 1. The first-order valence-corrected chi connectivity index (χ1v) is 7.33. The van der Waals surface area contributed by atoms with Gasteiger partial charge in [-0.25, -0.2) is 4.79 Å². The fourth-order valence-electron chi connectivity index (χ4n) is 1.79. The van der Waals surface area contributed by atoms with E-state index in [9.17, 15) is 9.59 Å². The Bertz CT molecular complexity index is 487. The number of carboxylic acid groups (broad SMARTS) is 1. The van der Waals surface area contributed by atoms with Crippen molar-refractivity contribution < 1.29 is 19.4 Å². The summed E-state index contributed by atoms with van der Waals surface area (Å²) in [6, 6.07) is 7.22. The summed E-state index contributed by atoms with van der Waals surface area (Å²) in [5, 5.41) is 11.4. The normalized spacial score (nSPS) is 11.5. The van der Waals surface area contributed by atoms with Gasteiger partial charge in [0.2, 0.25) is 0 Å². The first-order valence-electron chi connectivity index (χ1n) is 6.54. The van der Waals surface area contributed by atoms with Crippen LogP contribution >= 0.6 is 15.9 Å². The van der Waals surface area contributed by atoms with Crippen LogP contribution in [0.2, 0.25) is 0 Å². The van der Waals surface area contributed by atoms with E-state index in [1.54, 1.807) is 0 Å². The fourth-order valence-corrected chi connectivity index (χ4v) is 2.06. The van der Waals surface area contributed by atoms with Crippen molar-refractivity contribution in [1.82, 2.24) is 5.32 Å². The molecule has 0 aliphatic heterocycles. The zero-order chi connectivity index (χ0) is 15.7. The zero-order valence-corrected chi connectivity index (χ0v) is 13.1. The summed E-state index contributed by atoms with van der Waals surface area (Å²) in [5.74, 6) is -0.848. The average Bonchev–Trinajstić information content (AvgIpc) is 2.44. The Morgan fingerprint density at radius 3 is 2.62 bits per heavy atom. The van der Waals surface area contributed by atoms with Crippen LogP contribution in [-0.2, 0) is 9.53 Å². The number of aliphatic carboxylic acids is 1. The van der Waals surface area contributed by atoms with E-state index in [0.717, 1.165) is 10.0 Å². The van der Waals surface area contributed by atoms with Gasteiger partial charge in [-0.05, 0) is 30.5 Å². The van der Waals surface area contributed by atoms with Crippen LogP contribution in [0.3, 0.4) is 0 Å². The molecule has 1 rings (SSSR count). The predicted octanol–water partition coefficient (Wildman–Crippen LogP) is 3.66. The van der Waals surface area contributed by atoms with Gasteiger partial charge in [-0.15, -0.1) is 0 Å². The van der Waals surface area contributed by atoms with E-state index in [-0.39, 0.29) is 19.1 Å². The van der Waals surface area contributed by atoms with Gasteiger partial charge >= 0.3 is 12.1 Å². The number of nitrogens with one attached hydrogen (secondary N) is 1. The molecule has 1 amide bonds. The summed E-state index contributed by atoms with van der Waals surface area (Å²) in [6.45, 7) is 3.61. The Hall–Kier alpha value is -1.82. The molecule has 0 bridgehead atoms. The molecule has 1 unspecified atom stereocenters. The van der Waals surface area contributed by atoms with Gasteiger partial charge in [-0.3, -0.25) is 4.79 Å². The molecule has 5 nitrogen and oxygen atoms in total. The zero-order valence-electron chi connectivity index (χ0n) is 11.5. The van der Waals surface area contributed by atoms with Crippen LogP contribution in [0, 0.1) is 0 Å². The molecule has 2 N–H and O–H groups in total. The second-order valence-corrected chi connectivity index (χ2v) is 5.34. The summed E-state index contributed by atoms with van der Waals surface area (Å²) in [6.07, 6.45) is 2.00. The minimum absolute atomic E-state index is 0.0659. The lowest BCUT2D eigenvalue weighted by Crippen LogP contribution is -2.29. The van der Waals surface area contributed by atoms with Gasteiger partial charge in [-0.1, -0.05) is 40.7 Å². The third kappa shape index (κ3) is 6.94. The highest BCUT2D eigenvalue weighted by Crippen LogP contribution is 2.22. The number of ether oxygens (including phenoxy) is 1. The quantitative estimate of drug-likeness (QED) is 0.697. The number of amides is 1. The molecule has 0 heterocycles. The first-order chi connectivity index (χ1) is 10.0. The summed E-state index contributed by atoms with van der Waals surface area (Å²) in [5.41, 5.74) is 0.902. The number of benzene rings is 1. The average molecular weight is 356 g/mol. The van der Waals surface area contributed by atoms with Crippen molar-refractivity contribution in [2.45, 2.75) is 25.3 Å². The molecule has 0 radical (unpaired) electrons. The second kappa shape index (κ2) is 9.18. The van der Waals surface area contributed by atoms with Crippen LogP contribution in [0.1, 0.15) is 30.9 Å².